The van der Waals surface area contributed by atoms with E-state index in [4.69, 9.17) is 4.42 Å². The third kappa shape index (κ3) is 2.66. The summed E-state index contributed by atoms with van der Waals surface area (Å²) in [5, 5.41) is 2.00. The van der Waals surface area contributed by atoms with E-state index in [0.717, 1.165) is 49.8 Å². The molecule has 7 rings (SSSR count). The summed E-state index contributed by atoms with van der Waals surface area (Å²) in [6.45, 7) is 0. The number of hydrogen-bond acceptors (Lipinski definition) is 3. The molecule has 0 unspecified atom stereocenters. The molecule has 0 saturated carbocycles. The molecule has 1 aliphatic rings. The summed E-state index contributed by atoms with van der Waals surface area (Å²) in [5.41, 5.74) is 6.74. The summed E-state index contributed by atoms with van der Waals surface area (Å²) in [6, 6.07) is 35.2. The Hall–Kier alpha value is -4.15. The second kappa shape index (κ2) is 6.92. The zero-order valence-corrected chi connectivity index (χ0v) is 18.8. The maximum Gasteiger partial charge on any atom is 0.208 e. The molecule has 1 aliphatic heterocycles. The van der Waals surface area contributed by atoms with Crippen LogP contribution in [0.2, 0.25) is 0 Å². The highest BCUT2D eigenvalue weighted by Crippen LogP contribution is 2.48. The third-order valence-electron chi connectivity index (χ3n) is 6.64. The summed E-state index contributed by atoms with van der Waals surface area (Å²) >= 11 is 0. The van der Waals surface area contributed by atoms with Crippen molar-refractivity contribution in [3.63, 3.8) is 0 Å². The summed E-state index contributed by atoms with van der Waals surface area (Å²) in [6.07, 6.45) is 0. The molecule has 2 heterocycles. The van der Waals surface area contributed by atoms with Crippen molar-refractivity contribution < 1.29 is 12.8 Å². The Morgan fingerprint density at radius 1 is 0.500 bits per heavy atom. The number of para-hydroxylation sites is 1. The largest absolute Gasteiger partial charge is 0.456 e. The Kier molecular flexibility index (Phi) is 3.94. The lowest BCUT2D eigenvalue weighted by atomic mass is 9.96. The maximum absolute atomic E-state index is 13.7. The molecule has 0 saturated heterocycles. The van der Waals surface area contributed by atoms with Gasteiger partial charge in [0, 0.05) is 27.5 Å². The van der Waals surface area contributed by atoms with Crippen LogP contribution in [0, 0.1) is 0 Å². The molecule has 162 valence electrons. The first-order valence-corrected chi connectivity index (χ1v) is 12.6. The second-order valence-corrected chi connectivity index (χ2v) is 10.4. The standard InChI is InChI=1S/C30H18O3S/c31-34(32)29-16-14-20(19-7-2-1-3-8-19)17-26(29)24-11-6-10-22(30(24)34)21-13-15-28-25(18-21)23-9-4-5-12-27(23)33-28/h1-18H. The molecule has 5 aromatic carbocycles. The molecular weight excluding hydrogens is 440 g/mol. The van der Waals surface area contributed by atoms with Crippen LogP contribution in [0.5, 0.6) is 0 Å². The van der Waals surface area contributed by atoms with Gasteiger partial charge < -0.3 is 4.42 Å². The van der Waals surface area contributed by atoms with Crippen LogP contribution < -0.4 is 0 Å². The number of rotatable bonds is 2. The first-order valence-electron chi connectivity index (χ1n) is 11.1. The minimum absolute atomic E-state index is 0.365. The average Bonchev–Trinajstić information content (AvgIpc) is 3.36. The quantitative estimate of drug-likeness (QED) is 0.266. The minimum atomic E-state index is -3.65. The average molecular weight is 459 g/mol. The molecule has 0 N–H and O–H groups in total. The second-order valence-electron chi connectivity index (χ2n) is 8.57. The predicted octanol–water partition coefficient (Wildman–Crippen LogP) is 7.73. The van der Waals surface area contributed by atoms with Gasteiger partial charge in [0.2, 0.25) is 9.84 Å². The van der Waals surface area contributed by atoms with E-state index < -0.39 is 9.84 Å². The van der Waals surface area contributed by atoms with Gasteiger partial charge in [0.05, 0.1) is 9.79 Å². The molecule has 6 aromatic rings. The smallest absolute Gasteiger partial charge is 0.208 e. The normalized spacial score (nSPS) is 13.8. The Bertz CT molecular complexity index is 1860. The highest BCUT2D eigenvalue weighted by Gasteiger charge is 2.35. The Morgan fingerprint density at radius 2 is 1.24 bits per heavy atom. The summed E-state index contributed by atoms with van der Waals surface area (Å²) in [4.78, 5) is 0.742. The molecule has 4 heteroatoms. The van der Waals surface area contributed by atoms with Crippen LogP contribution in [0.1, 0.15) is 0 Å². The lowest BCUT2D eigenvalue weighted by molar-refractivity contribution is 0.599. The number of benzene rings is 5. The zero-order valence-electron chi connectivity index (χ0n) is 18.0. The van der Waals surface area contributed by atoms with Crippen molar-refractivity contribution in [3.05, 3.63) is 109 Å². The third-order valence-corrected chi connectivity index (χ3v) is 8.55. The first kappa shape index (κ1) is 19.3. The van der Waals surface area contributed by atoms with Crippen LogP contribution in [0.15, 0.2) is 123 Å². The fourth-order valence-corrected chi connectivity index (χ4v) is 6.92. The molecule has 0 amide bonds. The van der Waals surface area contributed by atoms with Crippen molar-refractivity contribution in [1.82, 2.24) is 0 Å². The van der Waals surface area contributed by atoms with Crippen LogP contribution in [-0.2, 0) is 9.84 Å². The van der Waals surface area contributed by atoms with Crippen molar-refractivity contribution >= 4 is 31.8 Å². The van der Waals surface area contributed by atoms with Crippen LogP contribution in [-0.4, -0.2) is 8.42 Å². The van der Waals surface area contributed by atoms with Crippen molar-refractivity contribution in [3.8, 4) is 33.4 Å². The highest BCUT2D eigenvalue weighted by molar-refractivity contribution is 7.92. The minimum Gasteiger partial charge on any atom is -0.456 e. The lowest BCUT2D eigenvalue weighted by Gasteiger charge is -2.09. The van der Waals surface area contributed by atoms with Gasteiger partial charge in [0.15, 0.2) is 0 Å². The first-order chi connectivity index (χ1) is 16.6. The molecule has 0 radical (unpaired) electrons. The van der Waals surface area contributed by atoms with Gasteiger partial charge in [-0.15, -0.1) is 0 Å². The van der Waals surface area contributed by atoms with Crippen LogP contribution in [0.25, 0.3) is 55.3 Å². The topological polar surface area (TPSA) is 47.3 Å². The Balaban J connectivity index is 1.46. The van der Waals surface area contributed by atoms with Crippen molar-refractivity contribution in [2.24, 2.45) is 0 Å². The number of hydrogen-bond donors (Lipinski definition) is 0. The van der Waals surface area contributed by atoms with E-state index >= 15 is 0 Å². The van der Waals surface area contributed by atoms with E-state index in [9.17, 15) is 8.42 Å². The van der Waals surface area contributed by atoms with Crippen molar-refractivity contribution in [1.29, 1.82) is 0 Å². The van der Waals surface area contributed by atoms with Gasteiger partial charge in [0.25, 0.3) is 0 Å². The fourth-order valence-electron chi connectivity index (χ4n) is 5.05. The van der Waals surface area contributed by atoms with Gasteiger partial charge in [-0.2, -0.15) is 0 Å². The highest BCUT2D eigenvalue weighted by atomic mass is 32.2. The summed E-state index contributed by atoms with van der Waals surface area (Å²) in [7, 11) is -3.65. The van der Waals surface area contributed by atoms with E-state index in [-0.39, 0.29) is 0 Å². The monoisotopic (exact) mass is 458 g/mol. The fraction of sp³-hybridized carbons (Fsp3) is 0. The van der Waals surface area contributed by atoms with Gasteiger partial charge in [0.1, 0.15) is 11.2 Å². The molecule has 0 fully saturated rings. The van der Waals surface area contributed by atoms with Gasteiger partial charge in [-0.1, -0.05) is 78.9 Å². The predicted molar refractivity (Wildman–Crippen MR) is 135 cm³/mol. The van der Waals surface area contributed by atoms with E-state index in [1.165, 1.54) is 0 Å². The lowest BCUT2D eigenvalue weighted by Crippen LogP contribution is -1.99. The Labute approximate surface area is 196 Å². The van der Waals surface area contributed by atoms with Crippen LogP contribution in [0.3, 0.4) is 0 Å². The van der Waals surface area contributed by atoms with Gasteiger partial charge in [-0.3, -0.25) is 0 Å². The van der Waals surface area contributed by atoms with Gasteiger partial charge in [-0.05, 0) is 47.0 Å². The molecule has 0 bridgehead atoms. The van der Waals surface area contributed by atoms with Crippen molar-refractivity contribution in [2.75, 3.05) is 0 Å². The maximum atomic E-state index is 13.7. The van der Waals surface area contributed by atoms with E-state index in [1.54, 1.807) is 6.07 Å². The molecular formula is C30H18O3S. The van der Waals surface area contributed by atoms with Gasteiger partial charge >= 0.3 is 0 Å². The van der Waals surface area contributed by atoms with Crippen molar-refractivity contribution in [2.45, 2.75) is 9.79 Å². The Morgan fingerprint density at radius 3 is 2.12 bits per heavy atom. The molecule has 0 atom stereocenters. The molecule has 0 aliphatic carbocycles. The van der Waals surface area contributed by atoms with Gasteiger partial charge in [-0.25, -0.2) is 8.42 Å². The van der Waals surface area contributed by atoms with Crippen LogP contribution >= 0.6 is 0 Å². The zero-order chi connectivity index (χ0) is 22.9. The molecule has 3 nitrogen and oxygen atoms in total. The molecule has 0 spiro atoms. The number of fused-ring (bicyclic) bond motifs is 6. The molecule has 34 heavy (non-hydrogen) atoms. The SMILES string of the molecule is O=S1(=O)c2ccc(-c3ccccc3)cc2-c2cccc(-c3ccc4oc5ccccc5c4c3)c21. The van der Waals surface area contributed by atoms with Crippen LogP contribution in [0.4, 0.5) is 0 Å². The summed E-state index contributed by atoms with van der Waals surface area (Å²) < 4.78 is 33.4. The summed E-state index contributed by atoms with van der Waals surface area (Å²) in [5.74, 6) is 0. The van der Waals surface area contributed by atoms with E-state index in [0.29, 0.717) is 15.4 Å². The van der Waals surface area contributed by atoms with E-state index in [1.807, 2.05) is 103 Å². The molecule has 1 aromatic heterocycles. The number of sulfone groups is 1. The number of furan rings is 1. The van der Waals surface area contributed by atoms with E-state index in [2.05, 4.69) is 0 Å².